The highest BCUT2D eigenvalue weighted by molar-refractivity contribution is 7.89. The van der Waals surface area contributed by atoms with Crippen LogP contribution < -0.4 is 0 Å². The van der Waals surface area contributed by atoms with Crippen LogP contribution in [0, 0.1) is 17.7 Å². The van der Waals surface area contributed by atoms with Crippen LogP contribution in [0.5, 0.6) is 0 Å². The molecule has 6 heteroatoms. The Kier molecular flexibility index (Phi) is 4.76. The van der Waals surface area contributed by atoms with E-state index in [9.17, 15) is 12.8 Å². The van der Waals surface area contributed by atoms with Crippen molar-refractivity contribution in [3.05, 3.63) is 29.6 Å². The molecule has 0 spiro atoms. The quantitative estimate of drug-likeness (QED) is 0.857. The summed E-state index contributed by atoms with van der Waals surface area (Å²) in [6.45, 7) is 0.889. The lowest BCUT2D eigenvalue weighted by molar-refractivity contribution is 0.305. The van der Waals surface area contributed by atoms with Crippen molar-refractivity contribution >= 4 is 10.0 Å². The first-order valence-corrected chi connectivity index (χ1v) is 7.89. The van der Waals surface area contributed by atoms with Crippen LogP contribution in [0.15, 0.2) is 23.1 Å². The predicted molar refractivity (Wildman–Crippen MR) is 73.0 cm³/mol. The van der Waals surface area contributed by atoms with E-state index in [4.69, 9.17) is 5.11 Å². The van der Waals surface area contributed by atoms with Crippen molar-refractivity contribution < 1.29 is 17.9 Å². The minimum Gasteiger partial charge on any atom is -0.395 e. The summed E-state index contributed by atoms with van der Waals surface area (Å²) in [5, 5.41) is 8.60. The van der Waals surface area contributed by atoms with Gasteiger partial charge in [-0.05, 0) is 31.0 Å². The summed E-state index contributed by atoms with van der Waals surface area (Å²) in [5.41, 5.74) is 0.138. The van der Waals surface area contributed by atoms with Crippen LogP contribution >= 0.6 is 0 Å². The van der Waals surface area contributed by atoms with E-state index in [1.807, 2.05) is 0 Å². The van der Waals surface area contributed by atoms with Crippen LogP contribution in [-0.2, 0) is 10.0 Å². The molecule has 0 radical (unpaired) electrons. The molecule has 1 heterocycles. The van der Waals surface area contributed by atoms with Gasteiger partial charge >= 0.3 is 0 Å². The van der Waals surface area contributed by atoms with Crippen LogP contribution in [0.4, 0.5) is 4.39 Å². The first-order valence-electron chi connectivity index (χ1n) is 6.45. The predicted octanol–water partition coefficient (Wildman–Crippen LogP) is 1.34. The molecule has 1 aromatic rings. The first kappa shape index (κ1) is 15.0. The normalized spacial score (nSPS) is 15.9. The molecule has 0 unspecified atom stereocenters. The van der Waals surface area contributed by atoms with Gasteiger partial charge in [0.05, 0.1) is 17.1 Å². The SMILES string of the molecule is O=S(=O)(c1ccc(C#CCCO)c(F)c1)N1CCCC1. The molecule has 20 heavy (non-hydrogen) atoms. The van der Waals surface area contributed by atoms with E-state index in [1.54, 1.807) is 0 Å². The summed E-state index contributed by atoms with van der Waals surface area (Å²) in [7, 11) is -3.60. The van der Waals surface area contributed by atoms with Crippen molar-refractivity contribution in [2.75, 3.05) is 19.7 Å². The van der Waals surface area contributed by atoms with Crippen molar-refractivity contribution in [3.8, 4) is 11.8 Å². The summed E-state index contributed by atoms with van der Waals surface area (Å²) >= 11 is 0. The monoisotopic (exact) mass is 297 g/mol. The van der Waals surface area contributed by atoms with Crippen molar-refractivity contribution in [1.29, 1.82) is 0 Å². The standard InChI is InChI=1S/C14H16FNO3S/c15-14-11-13(7-6-12(14)5-1-4-10-17)20(18,19)16-8-2-3-9-16/h6-7,11,17H,2-4,8-10H2. The topological polar surface area (TPSA) is 57.6 Å². The molecular formula is C14H16FNO3S. The molecule has 1 aliphatic rings. The Morgan fingerprint density at radius 3 is 2.60 bits per heavy atom. The van der Waals surface area contributed by atoms with Gasteiger partial charge in [0.2, 0.25) is 10.0 Å². The summed E-state index contributed by atoms with van der Waals surface area (Å²) < 4.78 is 39.7. The molecule has 1 saturated heterocycles. The van der Waals surface area contributed by atoms with Gasteiger partial charge in [0, 0.05) is 19.5 Å². The third-order valence-electron chi connectivity index (χ3n) is 3.10. The molecule has 0 aliphatic carbocycles. The number of hydrogen-bond donors (Lipinski definition) is 1. The van der Waals surface area contributed by atoms with Crippen molar-refractivity contribution in [2.45, 2.75) is 24.2 Å². The number of benzene rings is 1. The number of aliphatic hydroxyl groups excluding tert-OH is 1. The van der Waals surface area contributed by atoms with E-state index >= 15 is 0 Å². The number of nitrogens with zero attached hydrogens (tertiary/aromatic N) is 1. The Morgan fingerprint density at radius 1 is 1.30 bits per heavy atom. The Labute approximate surface area is 118 Å². The summed E-state index contributed by atoms with van der Waals surface area (Å²) in [4.78, 5) is -0.0374. The molecule has 0 bridgehead atoms. The molecule has 0 amide bonds. The van der Waals surface area contributed by atoms with E-state index in [2.05, 4.69) is 11.8 Å². The summed E-state index contributed by atoms with van der Waals surface area (Å²) in [5.74, 6) is 4.52. The Bertz CT molecular complexity index is 640. The molecule has 0 aromatic heterocycles. The average Bonchev–Trinajstić information content (AvgIpc) is 2.95. The molecule has 0 saturated carbocycles. The lowest BCUT2D eigenvalue weighted by Gasteiger charge is -2.15. The Hall–Kier alpha value is -1.42. The highest BCUT2D eigenvalue weighted by atomic mass is 32.2. The van der Waals surface area contributed by atoms with E-state index in [1.165, 1.54) is 16.4 Å². The molecule has 2 rings (SSSR count). The fraction of sp³-hybridized carbons (Fsp3) is 0.429. The molecule has 0 atom stereocenters. The Morgan fingerprint density at radius 2 is 2.00 bits per heavy atom. The number of hydrogen-bond acceptors (Lipinski definition) is 3. The van der Waals surface area contributed by atoms with Gasteiger partial charge in [-0.25, -0.2) is 12.8 Å². The third kappa shape index (κ3) is 3.18. The van der Waals surface area contributed by atoms with Crippen LogP contribution in [0.1, 0.15) is 24.8 Å². The summed E-state index contributed by atoms with van der Waals surface area (Å²) in [6, 6.07) is 3.75. The van der Waals surface area contributed by atoms with Gasteiger partial charge in [0.25, 0.3) is 0 Å². The molecule has 1 N–H and O–H groups in total. The van der Waals surface area contributed by atoms with E-state index in [-0.39, 0.29) is 23.5 Å². The van der Waals surface area contributed by atoms with Crippen LogP contribution in [0.25, 0.3) is 0 Å². The molecule has 108 valence electrons. The molecule has 4 nitrogen and oxygen atoms in total. The third-order valence-corrected chi connectivity index (χ3v) is 5.00. The van der Waals surface area contributed by atoms with E-state index in [0.717, 1.165) is 18.9 Å². The number of sulfonamides is 1. The second-order valence-electron chi connectivity index (χ2n) is 4.53. The Balaban J connectivity index is 2.27. The van der Waals surface area contributed by atoms with Gasteiger partial charge in [0.15, 0.2) is 0 Å². The maximum Gasteiger partial charge on any atom is 0.243 e. The maximum atomic E-state index is 13.8. The summed E-state index contributed by atoms with van der Waals surface area (Å²) in [6.07, 6.45) is 1.94. The van der Waals surface area contributed by atoms with Gasteiger partial charge in [-0.15, -0.1) is 0 Å². The maximum absolute atomic E-state index is 13.8. The lowest BCUT2D eigenvalue weighted by atomic mass is 10.2. The molecule has 1 aromatic carbocycles. The second-order valence-corrected chi connectivity index (χ2v) is 6.47. The van der Waals surface area contributed by atoms with Crippen molar-refractivity contribution in [2.24, 2.45) is 0 Å². The highest BCUT2D eigenvalue weighted by Crippen LogP contribution is 2.22. The van der Waals surface area contributed by atoms with Crippen LogP contribution in [-0.4, -0.2) is 37.5 Å². The first-order chi connectivity index (χ1) is 9.55. The van der Waals surface area contributed by atoms with Crippen LogP contribution in [0.3, 0.4) is 0 Å². The van der Waals surface area contributed by atoms with Gasteiger partial charge < -0.3 is 5.11 Å². The molecular weight excluding hydrogens is 281 g/mol. The van der Waals surface area contributed by atoms with Gasteiger partial charge in [-0.1, -0.05) is 11.8 Å². The van der Waals surface area contributed by atoms with E-state index in [0.29, 0.717) is 13.1 Å². The minimum absolute atomic E-state index is 0.0374. The fourth-order valence-corrected chi connectivity index (χ4v) is 3.58. The minimum atomic E-state index is -3.60. The number of rotatable bonds is 3. The zero-order chi connectivity index (χ0) is 14.6. The van der Waals surface area contributed by atoms with Gasteiger partial charge in [-0.2, -0.15) is 4.31 Å². The number of halogens is 1. The lowest BCUT2D eigenvalue weighted by Crippen LogP contribution is -2.27. The van der Waals surface area contributed by atoms with Gasteiger partial charge in [0.1, 0.15) is 5.82 Å². The van der Waals surface area contributed by atoms with Crippen molar-refractivity contribution in [3.63, 3.8) is 0 Å². The second kappa shape index (κ2) is 6.35. The fourth-order valence-electron chi connectivity index (χ4n) is 2.05. The average molecular weight is 297 g/mol. The zero-order valence-electron chi connectivity index (χ0n) is 11.0. The van der Waals surface area contributed by atoms with Crippen molar-refractivity contribution in [1.82, 2.24) is 4.31 Å². The number of aliphatic hydroxyl groups is 1. The van der Waals surface area contributed by atoms with Crippen LogP contribution in [0.2, 0.25) is 0 Å². The largest absolute Gasteiger partial charge is 0.395 e. The smallest absolute Gasteiger partial charge is 0.243 e. The van der Waals surface area contributed by atoms with E-state index < -0.39 is 15.8 Å². The van der Waals surface area contributed by atoms with Gasteiger partial charge in [-0.3, -0.25) is 0 Å². The molecule has 1 fully saturated rings. The molecule has 1 aliphatic heterocycles. The highest BCUT2D eigenvalue weighted by Gasteiger charge is 2.27. The zero-order valence-corrected chi connectivity index (χ0v) is 11.8.